The van der Waals surface area contributed by atoms with E-state index in [9.17, 15) is 0 Å². The monoisotopic (exact) mass is 1060 g/mol. The van der Waals surface area contributed by atoms with E-state index in [0.717, 1.165) is 68.2 Å². The number of aromatic nitrogens is 3. The molecule has 0 saturated carbocycles. The number of benzene rings is 11. The molecule has 1 aliphatic heterocycles. The molecule has 2 atom stereocenters. The van der Waals surface area contributed by atoms with Crippen molar-refractivity contribution in [1.29, 1.82) is 0 Å². The third kappa shape index (κ3) is 8.25. The van der Waals surface area contributed by atoms with Crippen molar-refractivity contribution < 1.29 is 0 Å². The molecule has 6 nitrogen and oxygen atoms in total. The third-order valence-corrected chi connectivity index (χ3v) is 16.9. The van der Waals surface area contributed by atoms with Gasteiger partial charge in [-0.1, -0.05) is 237 Å². The number of fused-ring (bicyclic) bond motifs is 9. The van der Waals surface area contributed by atoms with Crippen molar-refractivity contribution in [2.24, 2.45) is 9.98 Å². The van der Waals surface area contributed by atoms with Crippen LogP contribution < -0.4 is 5.32 Å². The lowest BCUT2D eigenvalue weighted by molar-refractivity contribution is 0.646. The summed E-state index contributed by atoms with van der Waals surface area (Å²) in [7, 11) is 0. The van der Waals surface area contributed by atoms with E-state index < -0.39 is 0 Å². The first-order valence-corrected chi connectivity index (χ1v) is 28.6. The molecule has 4 heterocycles. The summed E-state index contributed by atoms with van der Waals surface area (Å²) in [4.78, 5) is 10.4. The largest absolute Gasteiger partial charge is 0.344 e. The molecule has 0 bridgehead atoms. The molecule has 0 fully saturated rings. The second-order valence-electron chi connectivity index (χ2n) is 21.6. The van der Waals surface area contributed by atoms with Gasteiger partial charge in [0.25, 0.3) is 0 Å². The summed E-state index contributed by atoms with van der Waals surface area (Å²) in [5.41, 5.74) is 19.2. The zero-order valence-corrected chi connectivity index (χ0v) is 45.4. The number of aliphatic imine (C=N–C) groups is 2. The molecule has 1 aliphatic carbocycles. The molecule has 2 aliphatic rings. The quantitative estimate of drug-likeness (QED) is 0.136. The van der Waals surface area contributed by atoms with Gasteiger partial charge in [-0.2, -0.15) is 0 Å². The number of hydrogen-bond donors (Lipinski definition) is 1. The van der Waals surface area contributed by atoms with Gasteiger partial charge in [-0.25, -0.2) is 9.98 Å². The van der Waals surface area contributed by atoms with Gasteiger partial charge in [0.2, 0.25) is 0 Å². The summed E-state index contributed by atoms with van der Waals surface area (Å²) < 4.78 is 7.36. The van der Waals surface area contributed by atoms with E-state index in [1.54, 1.807) is 0 Å². The fourth-order valence-corrected chi connectivity index (χ4v) is 13.1. The van der Waals surface area contributed by atoms with E-state index in [-0.39, 0.29) is 12.2 Å². The van der Waals surface area contributed by atoms with Crippen LogP contribution in [0.25, 0.3) is 87.9 Å². The highest BCUT2D eigenvalue weighted by Gasteiger charge is 2.26. The van der Waals surface area contributed by atoms with Crippen molar-refractivity contribution in [3.63, 3.8) is 0 Å². The number of allylic oxidation sites excluding steroid dienone is 5. The minimum absolute atomic E-state index is 0.109. The predicted molar refractivity (Wildman–Crippen MR) is 346 cm³/mol. The van der Waals surface area contributed by atoms with Crippen LogP contribution in [0.15, 0.2) is 313 Å². The van der Waals surface area contributed by atoms with Crippen molar-refractivity contribution in [3.05, 3.63) is 336 Å². The van der Waals surface area contributed by atoms with Crippen LogP contribution in [-0.2, 0) is 0 Å². The maximum Gasteiger partial charge on any atom is 0.159 e. The van der Waals surface area contributed by atoms with E-state index in [1.165, 1.54) is 71.0 Å². The number of hydrogen-bond acceptors (Lipinski definition) is 3. The molecule has 14 aromatic rings. The minimum atomic E-state index is -0.382. The van der Waals surface area contributed by atoms with E-state index in [2.05, 4.69) is 292 Å². The maximum absolute atomic E-state index is 5.29. The summed E-state index contributed by atoms with van der Waals surface area (Å²) in [6.07, 6.45) is 7.72. The molecule has 0 spiro atoms. The summed E-state index contributed by atoms with van der Waals surface area (Å²) >= 11 is 0. The fraction of sp³-hybridized carbons (Fsp3) is 0.0390. The van der Waals surface area contributed by atoms with Crippen LogP contribution in [-0.4, -0.2) is 25.4 Å². The van der Waals surface area contributed by atoms with Crippen molar-refractivity contribution in [2.75, 3.05) is 0 Å². The summed E-state index contributed by atoms with van der Waals surface area (Å²) in [6.45, 7) is 0. The Morgan fingerprint density at radius 1 is 0.386 bits per heavy atom. The molecule has 3 aromatic heterocycles. The Morgan fingerprint density at radius 2 is 0.843 bits per heavy atom. The highest BCUT2D eigenvalue weighted by molar-refractivity contribution is 6.14. The Balaban J connectivity index is 0.904. The van der Waals surface area contributed by atoms with Crippen LogP contribution in [0.3, 0.4) is 0 Å². The van der Waals surface area contributed by atoms with E-state index in [4.69, 9.17) is 9.98 Å². The molecule has 0 saturated heterocycles. The molecule has 1 N–H and O–H groups in total. The van der Waals surface area contributed by atoms with E-state index >= 15 is 0 Å². The topological polar surface area (TPSA) is 51.5 Å². The first-order valence-electron chi connectivity index (χ1n) is 28.6. The molecule has 6 heteroatoms. The second kappa shape index (κ2) is 20.1. The Hall–Kier alpha value is -10.8. The molecular weight excluding hydrogens is 1010 g/mol. The lowest BCUT2D eigenvalue weighted by Crippen LogP contribution is -2.33. The maximum atomic E-state index is 5.29. The highest BCUT2D eigenvalue weighted by Crippen LogP contribution is 2.44. The normalized spacial score (nSPS) is 15.6. The van der Waals surface area contributed by atoms with Gasteiger partial charge in [0.05, 0.1) is 28.1 Å². The molecule has 2 unspecified atom stereocenters. The Morgan fingerprint density at radius 3 is 1.37 bits per heavy atom. The number of nitrogens with one attached hydrogen (secondary N) is 1. The van der Waals surface area contributed by atoms with Crippen molar-refractivity contribution in [2.45, 2.75) is 18.6 Å². The Kier molecular flexibility index (Phi) is 11.6. The van der Waals surface area contributed by atoms with Crippen LogP contribution >= 0.6 is 0 Å². The van der Waals surface area contributed by atoms with Crippen LogP contribution in [0, 0.1) is 0 Å². The van der Waals surface area contributed by atoms with Crippen LogP contribution in [0.1, 0.15) is 52.0 Å². The third-order valence-electron chi connectivity index (χ3n) is 16.9. The molecule has 11 aromatic carbocycles. The van der Waals surface area contributed by atoms with Crippen molar-refractivity contribution >= 4 is 88.2 Å². The van der Waals surface area contributed by atoms with E-state index in [1.807, 2.05) is 24.3 Å². The van der Waals surface area contributed by atoms with Gasteiger partial charge in [-0.15, -0.1) is 0 Å². The Bertz CT molecular complexity index is 4850. The number of amidine groups is 2. The number of para-hydroxylation sites is 6. The zero-order chi connectivity index (χ0) is 54.8. The van der Waals surface area contributed by atoms with Gasteiger partial charge in [-0.3, -0.25) is 0 Å². The fourth-order valence-electron chi connectivity index (χ4n) is 13.1. The number of rotatable bonds is 10. The zero-order valence-electron chi connectivity index (χ0n) is 45.4. The lowest BCUT2D eigenvalue weighted by Gasteiger charge is -2.25. The highest BCUT2D eigenvalue weighted by atomic mass is 15.2. The van der Waals surface area contributed by atoms with E-state index in [0.29, 0.717) is 5.84 Å². The van der Waals surface area contributed by atoms with Crippen LogP contribution in [0.2, 0.25) is 0 Å². The van der Waals surface area contributed by atoms with Gasteiger partial charge < -0.3 is 19.0 Å². The van der Waals surface area contributed by atoms with Crippen LogP contribution in [0.4, 0.5) is 0 Å². The van der Waals surface area contributed by atoms with Crippen LogP contribution in [0.5, 0.6) is 0 Å². The minimum Gasteiger partial charge on any atom is -0.344 e. The first-order chi connectivity index (χ1) is 41.2. The molecular formula is C77H54N6. The average molecular weight is 1060 g/mol. The summed E-state index contributed by atoms with van der Waals surface area (Å²) in [5.74, 6) is 1.49. The average Bonchev–Trinajstić information content (AvgIpc) is 3.60. The summed E-state index contributed by atoms with van der Waals surface area (Å²) in [6, 6.07) is 101. The van der Waals surface area contributed by atoms with Gasteiger partial charge in [0.1, 0.15) is 12.0 Å². The second-order valence-corrected chi connectivity index (χ2v) is 21.6. The summed E-state index contributed by atoms with van der Waals surface area (Å²) in [5, 5.41) is 11.2. The van der Waals surface area contributed by atoms with Crippen molar-refractivity contribution in [3.8, 4) is 11.4 Å². The van der Waals surface area contributed by atoms with Gasteiger partial charge >= 0.3 is 0 Å². The van der Waals surface area contributed by atoms with Crippen molar-refractivity contribution in [1.82, 2.24) is 19.0 Å². The molecule has 0 radical (unpaired) electrons. The SMILES string of the molecule is C1=CC(n2c3ccccc3c3ccccc32)CC=C1/C(=C(/c1ccc(C2N=C(c3ccccc3)N=C(c3ccccc3)N2)cc1)c1cccc(-n2c3ccccc3c3ccccc32)c1)c1ccc(-n2c3ccccc3c3ccccc32)cc1. The molecule has 83 heavy (non-hydrogen) atoms. The molecule has 16 rings (SSSR count). The molecule has 392 valence electrons. The smallest absolute Gasteiger partial charge is 0.159 e. The predicted octanol–water partition coefficient (Wildman–Crippen LogP) is 18.6. The lowest BCUT2D eigenvalue weighted by atomic mass is 9.83. The van der Waals surface area contributed by atoms with Gasteiger partial charge in [0, 0.05) is 65.9 Å². The first kappa shape index (κ1) is 48.1. The standard InChI is InChI=1S/C77H54N6/c1-3-20-54(21-4-1)75-78-76(55-22-5-2-6-23-55)80-77(79-75)56-40-38-51(39-41-56)74(57-24-19-25-60(50-57)83-71-36-17-11-30-65(71)66-31-12-18-37-72(66)83)73(52-42-46-58(47-43-52)81-67-32-13-7-26-61(67)62-27-8-14-33-68(62)81)53-44-48-59(49-45-53)82-69-34-15-9-28-63(69)64-29-10-16-35-70(64)82/h1-48,50,59,77H,49H2,(H,78,79,80)/b74-73-. The number of nitrogens with zero attached hydrogens (tertiary/aromatic N) is 5. The van der Waals surface area contributed by atoms with Gasteiger partial charge in [0.15, 0.2) is 5.84 Å². The molecule has 0 amide bonds. The van der Waals surface area contributed by atoms with Gasteiger partial charge in [-0.05, 0) is 106 Å². The Labute approximate surface area is 480 Å².